The third kappa shape index (κ3) is 139. The predicted molar refractivity (Wildman–Crippen MR) is 31.5 cm³/mol. The molecule has 50 valence electrons. The quantitative estimate of drug-likeness (QED) is 0.127. The minimum atomic E-state index is -4.64. The zero-order valence-corrected chi connectivity index (χ0v) is 8.56. The van der Waals surface area contributed by atoms with Crippen molar-refractivity contribution in [2.24, 2.45) is 0 Å². The molecule has 10 heteroatoms. The van der Waals surface area contributed by atoms with E-state index in [-0.39, 0.29) is 103 Å². The average Bonchev–Trinajstić information content (AvgIpc) is 1.27. The van der Waals surface area contributed by atoms with Crippen molar-refractivity contribution in [2.45, 2.75) is 0 Å². The first kappa shape index (κ1) is 23.0. The van der Waals surface area contributed by atoms with Gasteiger partial charge in [0.25, 0.3) is 0 Å². The van der Waals surface area contributed by atoms with Gasteiger partial charge in [0.05, 0.1) is 0 Å². The molecule has 0 fully saturated rings. The number of hydrogen-bond acceptors (Lipinski definition) is 1. The Morgan fingerprint density at radius 3 is 1.20 bits per heavy atom. The minimum absolute atomic E-state index is 0. The van der Waals surface area contributed by atoms with Crippen LogP contribution < -0.4 is 51.4 Å². The molecule has 0 amide bonds. The van der Waals surface area contributed by atoms with Crippen molar-refractivity contribution in [3.05, 3.63) is 16.0 Å². The first-order valence-corrected chi connectivity index (χ1v) is 2.75. The van der Waals surface area contributed by atoms with Crippen LogP contribution in [0.3, 0.4) is 0 Å². The van der Waals surface area contributed by atoms with Crippen molar-refractivity contribution in [2.75, 3.05) is 0 Å². The molecule has 10 heavy (non-hydrogen) atoms. The Hall–Kier alpha value is 2.69. The average molecular weight is 219 g/mol. The van der Waals surface area contributed by atoms with E-state index in [0.717, 1.165) is 0 Å². The van der Waals surface area contributed by atoms with Gasteiger partial charge in [0.2, 0.25) is 0 Å². The smallest absolute Gasteiger partial charge is 0.255 e. The van der Waals surface area contributed by atoms with Gasteiger partial charge in [0, 0.05) is 0 Å². The van der Waals surface area contributed by atoms with E-state index in [1.54, 1.807) is 0 Å². The summed E-state index contributed by atoms with van der Waals surface area (Å²) in [5, 5.41) is 0. The van der Waals surface area contributed by atoms with Crippen LogP contribution in [-0.2, 0) is 4.57 Å². The van der Waals surface area contributed by atoms with E-state index in [9.17, 15) is 0 Å². The summed E-state index contributed by atoms with van der Waals surface area (Å²) in [7, 11) is -4.64. The van der Waals surface area contributed by atoms with Crippen LogP contribution in [0.4, 0.5) is 0 Å². The number of nitrogens with zero attached hydrogens (tertiary/aromatic N) is 3. The van der Waals surface area contributed by atoms with Gasteiger partial charge < -0.3 is 25.7 Å². The van der Waals surface area contributed by atoms with Crippen LogP contribution in [0.15, 0.2) is 0 Å². The Morgan fingerprint density at radius 2 is 1.20 bits per heavy atom. The second-order valence-corrected chi connectivity index (χ2v) is 1.63. The third-order valence-electron chi connectivity index (χ3n) is 0. The van der Waals surface area contributed by atoms with E-state index in [1.807, 2.05) is 0 Å². The zero-order valence-electron chi connectivity index (χ0n) is 4.54. The van der Waals surface area contributed by atoms with Crippen LogP contribution in [0, 0.1) is 0 Å². The second-order valence-electron chi connectivity index (χ2n) is 0.603. The normalized spacial score (nSPS) is 6.70. The van der Waals surface area contributed by atoms with Crippen LogP contribution in [0.1, 0.15) is 0 Å². The van der Waals surface area contributed by atoms with Crippen molar-refractivity contribution in [1.82, 2.24) is 0 Å². The molecule has 0 aliphatic heterocycles. The van der Waals surface area contributed by atoms with Crippen molar-refractivity contribution >= 4 is 59.2 Å². The van der Waals surface area contributed by atoms with Crippen molar-refractivity contribution < 1.29 is 70.6 Å². The summed E-state index contributed by atoms with van der Waals surface area (Å²) in [6.45, 7) is 0. The zero-order chi connectivity index (χ0) is 7.21. The van der Waals surface area contributed by atoms with Crippen LogP contribution in [0.5, 0.6) is 0 Å². The van der Waals surface area contributed by atoms with E-state index < -0.39 is 7.82 Å². The fourth-order valence-corrected chi connectivity index (χ4v) is 0. The molecular weight excluding hydrogens is 215 g/mol. The monoisotopic (exact) mass is 219 g/mol. The standard InChI is InChI=1S/2K.N3.H3O4P.H/c;;1-3-2;1-5(2,3)4;/h;;;(H3,1,2,3,4);/q;+1;-1;;. The Bertz CT molecular complexity index is 116. The second kappa shape index (κ2) is 14.2. The molecule has 0 bridgehead atoms. The van der Waals surface area contributed by atoms with E-state index >= 15 is 0 Å². The summed E-state index contributed by atoms with van der Waals surface area (Å²) >= 11 is 0. The summed E-state index contributed by atoms with van der Waals surface area (Å²) in [4.78, 5) is 23.1. The van der Waals surface area contributed by atoms with Gasteiger partial charge in [-0.2, -0.15) is 0 Å². The Morgan fingerprint density at radius 1 is 1.20 bits per heavy atom. The molecule has 0 rings (SSSR count). The molecule has 0 saturated carbocycles. The molecule has 0 heterocycles. The molecule has 0 unspecified atom stereocenters. The van der Waals surface area contributed by atoms with Gasteiger partial charge in [-0.3, -0.25) is 4.91 Å². The van der Waals surface area contributed by atoms with Crippen LogP contribution in [0.2, 0.25) is 0 Å². The van der Waals surface area contributed by atoms with Gasteiger partial charge >= 0.3 is 111 Å². The van der Waals surface area contributed by atoms with Gasteiger partial charge in [-0.15, -0.1) is 0 Å². The Kier molecular flexibility index (Phi) is 32.7. The summed E-state index contributed by atoms with van der Waals surface area (Å²) in [5.74, 6) is 0. The van der Waals surface area contributed by atoms with Crippen molar-refractivity contribution in [1.29, 1.82) is 0 Å². The summed E-state index contributed by atoms with van der Waals surface area (Å²) in [6.07, 6.45) is 0. The largest absolute Gasteiger partial charge is 0.373 e. The topological polar surface area (TPSA) is 136 Å². The van der Waals surface area contributed by atoms with Gasteiger partial charge in [0.15, 0.2) is 0 Å². The van der Waals surface area contributed by atoms with Gasteiger partial charge in [-0.25, -0.2) is 4.57 Å². The van der Waals surface area contributed by atoms with E-state index in [2.05, 4.69) is 0 Å². The summed E-state index contributed by atoms with van der Waals surface area (Å²) in [5.41, 5.74) is 13.5. The maximum Gasteiger partial charge on any atom is -0.255 e. The molecule has 0 aromatic carbocycles. The minimum Gasteiger partial charge on any atom is -0.373 e. The molecule has 0 aliphatic rings. The molecule has 0 atom stereocenters. The number of rotatable bonds is 0. The molecule has 0 radical (unpaired) electrons. The van der Waals surface area contributed by atoms with Gasteiger partial charge in [-0.05, 0) is 0 Å². The molecule has 0 aromatic rings. The molecule has 0 aromatic heterocycles. The van der Waals surface area contributed by atoms with Gasteiger partial charge in [0.1, 0.15) is 0 Å². The Labute approximate surface area is 142 Å². The molecular formula is H4K2N3O4P. The molecule has 0 spiro atoms. The maximum atomic E-state index is 8.88. The van der Waals surface area contributed by atoms with Crippen LogP contribution in [0.25, 0.3) is 16.0 Å². The van der Waals surface area contributed by atoms with Crippen molar-refractivity contribution in [3.8, 4) is 0 Å². The van der Waals surface area contributed by atoms with E-state index in [4.69, 9.17) is 30.3 Å². The molecule has 0 saturated heterocycles. The Balaban J connectivity index is -0.0000000326. The summed E-state index contributed by atoms with van der Waals surface area (Å²) in [6, 6.07) is 0. The third-order valence-corrected chi connectivity index (χ3v) is 0. The number of phosphoric acid groups is 1. The summed E-state index contributed by atoms with van der Waals surface area (Å²) < 4.78 is 8.88. The fraction of sp³-hybridized carbons (Fsp3) is 0. The first-order valence-electron chi connectivity index (χ1n) is 1.18. The predicted octanol–water partition coefficient (Wildman–Crippen LogP) is -3.71. The molecule has 7 nitrogen and oxygen atoms in total. The molecule has 3 N–H and O–H groups in total. The first-order chi connectivity index (χ1) is 3.41. The molecule has 0 aliphatic carbocycles. The van der Waals surface area contributed by atoms with E-state index in [0.29, 0.717) is 0 Å². The maximum absolute atomic E-state index is 8.88. The van der Waals surface area contributed by atoms with Gasteiger partial charge in [-0.1, -0.05) is 0 Å². The van der Waals surface area contributed by atoms with E-state index in [1.165, 1.54) is 4.91 Å². The van der Waals surface area contributed by atoms with Crippen LogP contribution in [-0.4, -0.2) is 66.1 Å². The fourth-order valence-electron chi connectivity index (χ4n) is 0. The van der Waals surface area contributed by atoms with Crippen LogP contribution >= 0.6 is 7.82 Å². The SMILES string of the molecule is O=P(O)(O)O.[K+].[KH].[N-]=[N+]=[N-]. The number of hydrogen-bond donors (Lipinski definition) is 3. The van der Waals surface area contributed by atoms with Crippen molar-refractivity contribution in [3.63, 3.8) is 0 Å².